The number of halogens is 1. The van der Waals surface area contributed by atoms with Crippen LogP contribution in [0.1, 0.15) is 30.5 Å². The zero-order chi connectivity index (χ0) is 35.0. The van der Waals surface area contributed by atoms with Gasteiger partial charge in [-0.1, -0.05) is 64.5 Å². The fourth-order valence-corrected chi connectivity index (χ4v) is 6.77. The second-order valence-corrected chi connectivity index (χ2v) is 14.2. The van der Waals surface area contributed by atoms with Crippen molar-refractivity contribution in [3.05, 3.63) is 128 Å². The molecule has 13 heteroatoms. The number of anilines is 1. The standard InChI is InChI=1S/C35H37BrN4O7S/c1-24(2)37-35(42)33(20-26-8-6-5-7-9-26)38(22-27-11-13-28(36)14-12-27)34(41)23-39(29-15-17-30(47-4)18-16-29)48(45,46)31-19-10-25(3)32(21-31)40(43)44/h5-19,21,24,33H,20,22-23H2,1-4H3,(H,37,42)/t33-/m1/s1. The maximum Gasteiger partial charge on any atom is 0.273 e. The first-order valence-corrected chi connectivity index (χ1v) is 17.3. The third-order valence-electron chi connectivity index (χ3n) is 7.57. The number of carbonyl (C=O) groups excluding carboxylic acids is 2. The number of nitro benzene ring substituents is 1. The minimum Gasteiger partial charge on any atom is -0.497 e. The molecule has 0 saturated carbocycles. The molecule has 4 aromatic carbocycles. The highest BCUT2D eigenvalue weighted by Crippen LogP contribution is 2.30. The van der Waals surface area contributed by atoms with Crippen LogP contribution in [0.25, 0.3) is 0 Å². The molecule has 1 N–H and O–H groups in total. The number of benzene rings is 4. The van der Waals surface area contributed by atoms with Crippen LogP contribution in [-0.2, 0) is 32.6 Å². The molecular weight excluding hydrogens is 700 g/mol. The van der Waals surface area contributed by atoms with E-state index in [0.29, 0.717) is 5.75 Å². The maximum atomic E-state index is 14.5. The Morgan fingerprint density at radius 1 is 0.938 bits per heavy atom. The van der Waals surface area contributed by atoms with E-state index in [-0.39, 0.29) is 40.8 Å². The number of hydrogen-bond acceptors (Lipinski definition) is 7. The number of sulfonamides is 1. The van der Waals surface area contributed by atoms with E-state index in [1.807, 2.05) is 68.4 Å². The van der Waals surface area contributed by atoms with Crippen LogP contribution in [0.3, 0.4) is 0 Å². The summed E-state index contributed by atoms with van der Waals surface area (Å²) in [6.45, 7) is 4.44. The molecule has 0 aliphatic rings. The van der Waals surface area contributed by atoms with E-state index in [2.05, 4.69) is 21.2 Å². The molecule has 11 nitrogen and oxygen atoms in total. The predicted octanol–water partition coefficient (Wildman–Crippen LogP) is 6.03. The largest absolute Gasteiger partial charge is 0.497 e. The second kappa shape index (κ2) is 15.9. The molecule has 0 spiro atoms. The van der Waals surface area contributed by atoms with Gasteiger partial charge < -0.3 is 15.0 Å². The Morgan fingerprint density at radius 2 is 1.58 bits per heavy atom. The van der Waals surface area contributed by atoms with Crippen molar-refractivity contribution in [3.8, 4) is 5.75 Å². The van der Waals surface area contributed by atoms with Crippen LogP contribution in [0, 0.1) is 17.0 Å². The van der Waals surface area contributed by atoms with Gasteiger partial charge in [0.2, 0.25) is 11.8 Å². The molecule has 252 valence electrons. The van der Waals surface area contributed by atoms with Gasteiger partial charge in [-0.3, -0.25) is 24.0 Å². The van der Waals surface area contributed by atoms with E-state index in [0.717, 1.165) is 26.0 Å². The van der Waals surface area contributed by atoms with Gasteiger partial charge in [-0.2, -0.15) is 0 Å². The fourth-order valence-electron chi connectivity index (χ4n) is 5.07. The molecular formula is C35H37BrN4O7S. The summed E-state index contributed by atoms with van der Waals surface area (Å²) in [5.41, 5.74) is 1.56. The van der Waals surface area contributed by atoms with Gasteiger partial charge in [0.25, 0.3) is 15.7 Å². The number of nitrogens with zero attached hydrogens (tertiary/aromatic N) is 3. The number of nitro groups is 1. The minimum absolute atomic E-state index is 0.00162. The monoisotopic (exact) mass is 736 g/mol. The second-order valence-electron chi connectivity index (χ2n) is 11.4. The molecule has 0 aliphatic carbocycles. The van der Waals surface area contributed by atoms with Crippen molar-refractivity contribution < 1.29 is 27.7 Å². The number of methoxy groups -OCH3 is 1. The molecule has 1 atom stereocenters. The Kier molecular flexibility index (Phi) is 12.0. The van der Waals surface area contributed by atoms with Crippen LogP contribution in [0.4, 0.5) is 11.4 Å². The Balaban J connectivity index is 1.84. The average molecular weight is 738 g/mol. The normalized spacial score (nSPS) is 11.9. The highest BCUT2D eigenvalue weighted by molar-refractivity contribution is 9.10. The number of rotatable bonds is 14. The van der Waals surface area contributed by atoms with Crippen LogP contribution in [0.15, 0.2) is 106 Å². The van der Waals surface area contributed by atoms with Gasteiger partial charge in [-0.25, -0.2) is 8.42 Å². The molecule has 2 amide bonds. The van der Waals surface area contributed by atoms with Gasteiger partial charge in [0, 0.05) is 35.1 Å². The van der Waals surface area contributed by atoms with Crippen molar-refractivity contribution in [1.29, 1.82) is 0 Å². The molecule has 0 saturated heterocycles. The highest BCUT2D eigenvalue weighted by atomic mass is 79.9. The first kappa shape index (κ1) is 36.1. The predicted molar refractivity (Wildman–Crippen MR) is 187 cm³/mol. The number of amides is 2. The van der Waals surface area contributed by atoms with Crippen molar-refractivity contribution in [2.24, 2.45) is 0 Å². The average Bonchev–Trinajstić information content (AvgIpc) is 3.06. The molecule has 4 aromatic rings. The number of aryl methyl sites for hydroxylation is 1. The molecule has 48 heavy (non-hydrogen) atoms. The van der Waals surface area contributed by atoms with Crippen LogP contribution in [-0.4, -0.2) is 55.8 Å². The van der Waals surface area contributed by atoms with Crippen molar-refractivity contribution in [1.82, 2.24) is 10.2 Å². The lowest BCUT2D eigenvalue weighted by atomic mass is 10.0. The lowest BCUT2D eigenvalue weighted by molar-refractivity contribution is -0.385. The van der Waals surface area contributed by atoms with E-state index in [1.165, 1.54) is 43.2 Å². The summed E-state index contributed by atoms with van der Waals surface area (Å²) in [5.74, 6) is -0.593. The first-order chi connectivity index (χ1) is 22.8. The molecule has 0 heterocycles. The van der Waals surface area contributed by atoms with Gasteiger partial charge in [0.05, 0.1) is 22.6 Å². The number of carbonyl (C=O) groups is 2. The SMILES string of the molecule is COc1ccc(N(CC(=O)N(Cc2ccc(Br)cc2)[C@H](Cc2ccccc2)C(=O)NC(C)C)S(=O)(=O)c2ccc(C)c([N+](=O)[O-])c2)cc1. The van der Waals surface area contributed by atoms with Crippen LogP contribution in [0.2, 0.25) is 0 Å². The van der Waals surface area contributed by atoms with Gasteiger partial charge >= 0.3 is 0 Å². The third kappa shape index (κ3) is 8.98. The van der Waals surface area contributed by atoms with E-state index in [9.17, 15) is 28.1 Å². The maximum absolute atomic E-state index is 14.5. The third-order valence-corrected chi connectivity index (χ3v) is 9.87. The molecule has 0 radical (unpaired) electrons. The molecule has 0 aromatic heterocycles. The minimum atomic E-state index is -4.54. The molecule has 0 aliphatic heterocycles. The summed E-state index contributed by atoms with van der Waals surface area (Å²) in [7, 11) is -3.08. The van der Waals surface area contributed by atoms with E-state index >= 15 is 0 Å². The topological polar surface area (TPSA) is 139 Å². The summed E-state index contributed by atoms with van der Waals surface area (Å²) < 4.78 is 35.5. The number of ether oxygens (including phenoxy) is 1. The Labute approximate surface area is 288 Å². The van der Waals surface area contributed by atoms with Crippen molar-refractivity contribution in [3.63, 3.8) is 0 Å². The summed E-state index contributed by atoms with van der Waals surface area (Å²) in [4.78, 5) is 40.4. The first-order valence-electron chi connectivity index (χ1n) is 15.1. The van der Waals surface area contributed by atoms with Gasteiger partial charge in [-0.05, 0) is 74.4 Å². The van der Waals surface area contributed by atoms with Crippen LogP contribution in [0.5, 0.6) is 5.75 Å². The van der Waals surface area contributed by atoms with Crippen molar-refractivity contribution in [2.45, 2.75) is 50.7 Å². The summed E-state index contributed by atoms with van der Waals surface area (Å²) in [5, 5.41) is 14.6. The molecule has 0 fully saturated rings. The number of hydrogen-bond donors (Lipinski definition) is 1. The lowest BCUT2D eigenvalue weighted by Gasteiger charge is -2.34. The smallest absolute Gasteiger partial charge is 0.273 e. The van der Waals surface area contributed by atoms with Crippen molar-refractivity contribution >= 4 is 49.1 Å². The van der Waals surface area contributed by atoms with Crippen LogP contribution < -0.4 is 14.4 Å². The number of nitrogens with one attached hydrogen (secondary N) is 1. The molecule has 0 bridgehead atoms. The zero-order valence-electron chi connectivity index (χ0n) is 27.0. The van der Waals surface area contributed by atoms with Crippen molar-refractivity contribution in [2.75, 3.05) is 18.0 Å². The Morgan fingerprint density at radius 3 is 2.17 bits per heavy atom. The summed E-state index contributed by atoms with van der Waals surface area (Å²) >= 11 is 3.43. The highest BCUT2D eigenvalue weighted by Gasteiger charge is 2.35. The van der Waals surface area contributed by atoms with Gasteiger partial charge in [0.15, 0.2) is 0 Å². The summed E-state index contributed by atoms with van der Waals surface area (Å²) in [6.07, 6.45) is 0.168. The Hall–Kier alpha value is -4.75. The lowest BCUT2D eigenvalue weighted by Crippen LogP contribution is -2.54. The fraction of sp³-hybridized carbons (Fsp3) is 0.257. The van der Waals surface area contributed by atoms with Crippen LogP contribution >= 0.6 is 15.9 Å². The quantitative estimate of drug-likeness (QED) is 0.123. The van der Waals surface area contributed by atoms with E-state index in [1.54, 1.807) is 12.1 Å². The summed E-state index contributed by atoms with van der Waals surface area (Å²) in [6, 6.07) is 24.9. The van der Waals surface area contributed by atoms with Gasteiger partial charge in [-0.15, -0.1) is 0 Å². The molecule has 4 rings (SSSR count). The van der Waals surface area contributed by atoms with E-state index in [4.69, 9.17) is 4.74 Å². The van der Waals surface area contributed by atoms with E-state index < -0.39 is 39.3 Å². The van der Waals surface area contributed by atoms with Gasteiger partial charge in [0.1, 0.15) is 18.3 Å². The Bertz CT molecular complexity index is 1850. The molecule has 0 unspecified atom stereocenters. The zero-order valence-corrected chi connectivity index (χ0v) is 29.4.